The molecule has 0 unspecified atom stereocenters. The van der Waals surface area contributed by atoms with Gasteiger partial charge in [0.05, 0.1) is 0 Å². The Morgan fingerprint density at radius 1 is 1.32 bits per heavy atom. The Labute approximate surface area is 112 Å². The van der Waals surface area contributed by atoms with E-state index in [9.17, 15) is 9.59 Å². The van der Waals surface area contributed by atoms with Crippen molar-refractivity contribution in [2.75, 3.05) is 24.5 Å². The van der Waals surface area contributed by atoms with E-state index in [1.807, 2.05) is 25.1 Å². The molecule has 2 heterocycles. The first-order valence-corrected chi connectivity index (χ1v) is 6.62. The van der Waals surface area contributed by atoms with Gasteiger partial charge in [0, 0.05) is 25.3 Å². The standard InChI is InChI=1S/C14H17N3O2/c1-10(13(18)17-9-7-15-14(17)19)16-8-6-11-4-2-3-5-12(11)16/h2-5,10H,6-9H2,1H3,(H,15,19)/t10-/m0/s1. The van der Waals surface area contributed by atoms with Crippen molar-refractivity contribution in [3.05, 3.63) is 29.8 Å². The van der Waals surface area contributed by atoms with E-state index in [0.29, 0.717) is 13.1 Å². The van der Waals surface area contributed by atoms with Gasteiger partial charge < -0.3 is 10.2 Å². The minimum absolute atomic E-state index is 0.119. The Balaban J connectivity index is 1.80. The van der Waals surface area contributed by atoms with Gasteiger partial charge in [0.15, 0.2) is 0 Å². The fourth-order valence-corrected chi connectivity index (χ4v) is 2.81. The van der Waals surface area contributed by atoms with Crippen LogP contribution in [0.15, 0.2) is 24.3 Å². The quantitative estimate of drug-likeness (QED) is 0.861. The Morgan fingerprint density at radius 3 is 2.84 bits per heavy atom. The molecule has 1 aromatic rings. The first-order valence-electron chi connectivity index (χ1n) is 6.62. The lowest BCUT2D eigenvalue weighted by Crippen LogP contribution is -2.47. The Bertz CT molecular complexity index is 529. The summed E-state index contributed by atoms with van der Waals surface area (Å²) < 4.78 is 0. The summed E-state index contributed by atoms with van der Waals surface area (Å²) in [5.41, 5.74) is 2.39. The molecule has 3 amide bonds. The average Bonchev–Trinajstić information content (AvgIpc) is 3.03. The third kappa shape index (κ3) is 1.95. The number of fused-ring (bicyclic) bond motifs is 1. The predicted molar refractivity (Wildman–Crippen MR) is 72.1 cm³/mol. The highest BCUT2D eigenvalue weighted by molar-refractivity contribution is 5.99. The SMILES string of the molecule is C[C@@H](C(=O)N1CCNC1=O)N1CCc2ccccc21. The Kier molecular flexibility index (Phi) is 2.89. The molecule has 5 nitrogen and oxygen atoms in total. The van der Waals surface area contributed by atoms with Gasteiger partial charge in [0.2, 0.25) is 0 Å². The van der Waals surface area contributed by atoms with Gasteiger partial charge >= 0.3 is 6.03 Å². The van der Waals surface area contributed by atoms with Gasteiger partial charge in [0.1, 0.15) is 6.04 Å². The molecule has 5 heteroatoms. The molecule has 0 radical (unpaired) electrons. The summed E-state index contributed by atoms with van der Waals surface area (Å²) in [5, 5.41) is 2.66. The number of carbonyl (C=O) groups excluding carboxylic acids is 2. The van der Waals surface area contributed by atoms with Gasteiger partial charge in [-0.2, -0.15) is 0 Å². The van der Waals surface area contributed by atoms with Gasteiger partial charge in [-0.25, -0.2) is 4.79 Å². The van der Waals surface area contributed by atoms with Gasteiger partial charge in [0.25, 0.3) is 5.91 Å². The molecule has 0 spiro atoms. The molecule has 1 atom stereocenters. The molecule has 1 saturated heterocycles. The number of anilines is 1. The van der Waals surface area contributed by atoms with E-state index < -0.39 is 0 Å². The second-order valence-corrected chi connectivity index (χ2v) is 4.97. The predicted octanol–water partition coefficient (Wildman–Crippen LogP) is 0.989. The van der Waals surface area contributed by atoms with Crippen molar-refractivity contribution >= 4 is 17.6 Å². The lowest BCUT2D eigenvalue weighted by atomic mass is 10.1. The first-order chi connectivity index (χ1) is 9.18. The van der Waals surface area contributed by atoms with Crippen LogP contribution in [0.5, 0.6) is 0 Å². The van der Waals surface area contributed by atoms with Gasteiger partial charge in [-0.05, 0) is 25.0 Å². The van der Waals surface area contributed by atoms with Gasteiger partial charge in [-0.3, -0.25) is 9.69 Å². The van der Waals surface area contributed by atoms with E-state index in [1.165, 1.54) is 10.5 Å². The average molecular weight is 259 g/mol. The number of nitrogens with one attached hydrogen (secondary N) is 1. The van der Waals surface area contributed by atoms with E-state index in [0.717, 1.165) is 18.7 Å². The minimum Gasteiger partial charge on any atom is -0.359 e. The number of rotatable bonds is 2. The summed E-state index contributed by atoms with van der Waals surface area (Å²) in [6.45, 7) is 3.73. The van der Waals surface area contributed by atoms with Crippen molar-refractivity contribution in [2.45, 2.75) is 19.4 Å². The third-order valence-corrected chi connectivity index (χ3v) is 3.87. The van der Waals surface area contributed by atoms with Crippen molar-refractivity contribution in [2.24, 2.45) is 0 Å². The number of hydrogen-bond acceptors (Lipinski definition) is 3. The van der Waals surface area contributed by atoms with E-state index >= 15 is 0 Å². The fraction of sp³-hybridized carbons (Fsp3) is 0.429. The van der Waals surface area contributed by atoms with E-state index in [-0.39, 0.29) is 18.0 Å². The van der Waals surface area contributed by atoms with Crippen molar-refractivity contribution in [3.8, 4) is 0 Å². The maximum absolute atomic E-state index is 12.4. The molecule has 2 aliphatic rings. The summed E-state index contributed by atoms with van der Waals surface area (Å²) in [4.78, 5) is 27.3. The molecular weight excluding hydrogens is 242 g/mol. The van der Waals surface area contributed by atoms with Crippen LogP contribution in [0, 0.1) is 0 Å². The lowest BCUT2D eigenvalue weighted by Gasteiger charge is -2.28. The first kappa shape index (κ1) is 12.0. The van der Waals surface area contributed by atoms with Crippen LogP contribution < -0.4 is 10.2 Å². The van der Waals surface area contributed by atoms with Crippen LogP contribution in [-0.2, 0) is 11.2 Å². The number of urea groups is 1. The molecule has 1 N–H and O–H groups in total. The number of benzene rings is 1. The second kappa shape index (κ2) is 4.57. The van der Waals surface area contributed by atoms with Crippen molar-refractivity contribution in [3.63, 3.8) is 0 Å². The minimum atomic E-state index is -0.299. The molecule has 100 valence electrons. The second-order valence-electron chi connectivity index (χ2n) is 4.97. The number of amides is 3. The van der Waals surface area contributed by atoms with Crippen LogP contribution in [0.3, 0.4) is 0 Å². The van der Waals surface area contributed by atoms with Crippen LogP contribution in [0.2, 0.25) is 0 Å². The Hall–Kier alpha value is -2.04. The number of para-hydroxylation sites is 1. The highest BCUT2D eigenvalue weighted by Crippen LogP contribution is 2.29. The largest absolute Gasteiger partial charge is 0.359 e. The molecule has 19 heavy (non-hydrogen) atoms. The Morgan fingerprint density at radius 2 is 2.11 bits per heavy atom. The van der Waals surface area contributed by atoms with Gasteiger partial charge in [-0.1, -0.05) is 18.2 Å². The maximum Gasteiger partial charge on any atom is 0.324 e. The lowest BCUT2D eigenvalue weighted by molar-refractivity contribution is -0.128. The molecule has 2 aliphatic heterocycles. The highest BCUT2D eigenvalue weighted by atomic mass is 16.2. The zero-order chi connectivity index (χ0) is 13.4. The van der Waals surface area contributed by atoms with E-state index in [4.69, 9.17) is 0 Å². The molecule has 0 saturated carbocycles. The zero-order valence-electron chi connectivity index (χ0n) is 10.9. The third-order valence-electron chi connectivity index (χ3n) is 3.87. The summed E-state index contributed by atoms with van der Waals surface area (Å²) in [6.07, 6.45) is 0.958. The summed E-state index contributed by atoms with van der Waals surface area (Å²) in [6, 6.07) is 7.56. The van der Waals surface area contributed by atoms with Crippen LogP contribution in [0.1, 0.15) is 12.5 Å². The molecule has 3 rings (SSSR count). The van der Waals surface area contributed by atoms with Crippen LogP contribution in [0.4, 0.5) is 10.5 Å². The normalized spacial score (nSPS) is 19.3. The van der Waals surface area contributed by atoms with Crippen LogP contribution in [-0.4, -0.2) is 42.5 Å². The zero-order valence-corrected chi connectivity index (χ0v) is 10.9. The maximum atomic E-state index is 12.4. The number of imide groups is 1. The summed E-state index contributed by atoms with van der Waals surface area (Å²) >= 11 is 0. The fourth-order valence-electron chi connectivity index (χ4n) is 2.81. The number of carbonyl (C=O) groups is 2. The van der Waals surface area contributed by atoms with E-state index in [2.05, 4.69) is 16.3 Å². The van der Waals surface area contributed by atoms with Crippen molar-refractivity contribution in [1.29, 1.82) is 0 Å². The highest BCUT2D eigenvalue weighted by Gasteiger charge is 2.34. The monoisotopic (exact) mass is 259 g/mol. The van der Waals surface area contributed by atoms with Crippen molar-refractivity contribution < 1.29 is 9.59 Å². The molecule has 1 fully saturated rings. The van der Waals surface area contributed by atoms with Gasteiger partial charge in [-0.15, -0.1) is 0 Å². The number of nitrogens with zero attached hydrogens (tertiary/aromatic N) is 2. The molecule has 0 aromatic heterocycles. The van der Waals surface area contributed by atoms with Crippen LogP contribution >= 0.6 is 0 Å². The summed E-state index contributed by atoms with van der Waals surface area (Å²) in [7, 11) is 0. The van der Waals surface area contributed by atoms with Crippen molar-refractivity contribution in [1.82, 2.24) is 10.2 Å². The molecule has 1 aromatic carbocycles. The van der Waals surface area contributed by atoms with Crippen LogP contribution in [0.25, 0.3) is 0 Å². The molecular formula is C14H17N3O2. The molecule has 0 aliphatic carbocycles. The topological polar surface area (TPSA) is 52.7 Å². The number of hydrogen-bond donors (Lipinski definition) is 1. The molecule has 0 bridgehead atoms. The smallest absolute Gasteiger partial charge is 0.324 e. The summed E-state index contributed by atoms with van der Waals surface area (Å²) in [5.74, 6) is -0.119. The van der Waals surface area contributed by atoms with E-state index in [1.54, 1.807) is 0 Å².